The Kier molecular flexibility index (Phi) is 3.89. The molecule has 0 bridgehead atoms. The lowest BCUT2D eigenvalue weighted by Gasteiger charge is -2.05. The van der Waals surface area contributed by atoms with Crippen LogP contribution < -0.4 is 0 Å². The van der Waals surface area contributed by atoms with E-state index in [4.69, 9.17) is 16.9 Å². The monoisotopic (exact) mass is 291 g/mol. The zero-order chi connectivity index (χ0) is 13.9. The van der Waals surface area contributed by atoms with Gasteiger partial charge in [-0.15, -0.1) is 0 Å². The molecule has 0 atom stereocenters. The van der Waals surface area contributed by atoms with Crippen molar-refractivity contribution in [1.29, 1.82) is 5.26 Å². The van der Waals surface area contributed by atoms with Gasteiger partial charge in [-0.2, -0.15) is 5.26 Å². The molecule has 3 nitrogen and oxygen atoms in total. The van der Waals surface area contributed by atoms with Crippen molar-refractivity contribution >= 4 is 21.4 Å². The molecule has 2 aromatic carbocycles. The van der Waals surface area contributed by atoms with E-state index in [0.29, 0.717) is 16.1 Å². The Bertz CT molecular complexity index is 731. The molecule has 0 fully saturated rings. The molecule has 0 radical (unpaired) electrons. The third-order valence-corrected chi connectivity index (χ3v) is 4.52. The zero-order valence-corrected chi connectivity index (χ0v) is 11.4. The van der Waals surface area contributed by atoms with Crippen molar-refractivity contribution in [2.75, 3.05) is 0 Å². The smallest absolute Gasteiger partial charge is 0.182 e. The molecule has 0 amide bonds. The lowest BCUT2D eigenvalue weighted by atomic mass is 10.2. The SMILES string of the molecule is N#Cc1ccc(CS(=O)(=O)c2cccc(Cl)c2)cc1. The number of nitrogens with zero attached hydrogens (tertiary/aromatic N) is 1. The van der Waals surface area contributed by atoms with E-state index in [1.165, 1.54) is 12.1 Å². The first kappa shape index (κ1) is 13.6. The van der Waals surface area contributed by atoms with Crippen LogP contribution in [0.25, 0.3) is 0 Å². The Hall–Kier alpha value is -1.83. The Morgan fingerprint density at radius 2 is 1.79 bits per heavy atom. The second-order valence-corrected chi connectivity index (χ2v) is 6.45. The quantitative estimate of drug-likeness (QED) is 0.872. The van der Waals surface area contributed by atoms with Gasteiger partial charge in [0.15, 0.2) is 9.84 Å². The third kappa shape index (κ3) is 3.34. The molecule has 2 rings (SSSR count). The number of halogens is 1. The highest BCUT2D eigenvalue weighted by molar-refractivity contribution is 7.90. The number of hydrogen-bond acceptors (Lipinski definition) is 3. The molecular weight excluding hydrogens is 282 g/mol. The number of benzene rings is 2. The van der Waals surface area contributed by atoms with E-state index >= 15 is 0 Å². The summed E-state index contributed by atoms with van der Waals surface area (Å²) in [6.07, 6.45) is 0. The minimum absolute atomic E-state index is 0.112. The molecule has 2 aromatic rings. The summed E-state index contributed by atoms with van der Waals surface area (Å²) in [7, 11) is -3.42. The Balaban J connectivity index is 2.28. The van der Waals surface area contributed by atoms with Gasteiger partial charge in [-0.1, -0.05) is 29.8 Å². The first-order valence-corrected chi connectivity index (χ1v) is 7.52. The largest absolute Gasteiger partial charge is 0.223 e. The van der Waals surface area contributed by atoms with Crippen LogP contribution >= 0.6 is 11.6 Å². The van der Waals surface area contributed by atoms with E-state index in [9.17, 15) is 8.42 Å². The van der Waals surface area contributed by atoms with Crippen molar-refractivity contribution in [1.82, 2.24) is 0 Å². The van der Waals surface area contributed by atoms with Gasteiger partial charge >= 0.3 is 0 Å². The molecular formula is C14H10ClNO2S. The lowest BCUT2D eigenvalue weighted by molar-refractivity contribution is 0.595. The molecule has 0 spiro atoms. The van der Waals surface area contributed by atoms with E-state index in [-0.39, 0.29) is 10.6 Å². The lowest BCUT2D eigenvalue weighted by Crippen LogP contribution is -2.04. The first-order chi connectivity index (χ1) is 9.01. The molecule has 0 saturated heterocycles. The summed E-state index contributed by atoms with van der Waals surface area (Å²) in [6.45, 7) is 0. The van der Waals surface area contributed by atoms with Crippen LogP contribution in [0.2, 0.25) is 5.02 Å². The summed E-state index contributed by atoms with van der Waals surface area (Å²) < 4.78 is 24.4. The van der Waals surface area contributed by atoms with Gasteiger partial charge < -0.3 is 0 Å². The highest BCUT2D eigenvalue weighted by atomic mass is 35.5. The first-order valence-electron chi connectivity index (χ1n) is 5.49. The van der Waals surface area contributed by atoms with Crippen molar-refractivity contribution < 1.29 is 8.42 Å². The normalized spacial score (nSPS) is 10.9. The second kappa shape index (κ2) is 5.43. The zero-order valence-electron chi connectivity index (χ0n) is 9.88. The van der Waals surface area contributed by atoms with Crippen LogP contribution in [0.3, 0.4) is 0 Å². The number of nitriles is 1. The molecule has 0 saturated carbocycles. The van der Waals surface area contributed by atoms with Crippen molar-refractivity contribution in [2.45, 2.75) is 10.6 Å². The number of hydrogen-bond donors (Lipinski definition) is 0. The van der Waals surface area contributed by atoms with Crippen molar-refractivity contribution in [3.05, 3.63) is 64.7 Å². The van der Waals surface area contributed by atoms with E-state index in [0.717, 1.165) is 0 Å². The predicted molar refractivity (Wildman–Crippen MR) is 73.5 cm³/mol. The van der Waals surface area contributed by atoms with Gasteiger partial charge in [0.1, 0.15) is 0 Å². The van der Waals surface area contributed by atoms with Crippen LogP contribution in [-0.4, -0.2) is 8.42 Å². The van der Waals surface area contributed by atoms with Gasteiger partial charge in [0.25, 0.3) is 0 Å². The predicted octanol–water partition coefficient (Wildman–Crippen LogP) is 3.19. The molecule has 96 valence electrons. The standard InChI is InChI=1S/C14H10ClNO2S/c15-13-2-1-3-14(8-13)19(17,18)10-12-6-4-11(9-16)5-7-12/h1-8H,10H2. The van der Waals surface area contributed by atoms with E-state index in [2.05, 4.69) is 0 Å². The third-order valence-electron chi connectivity index (χ3n) is 2.59. The fourth-order valence-corrected chi connectivity index (χ4v) is 3.28. The summed E-state index contributed by atoms with van der Waals surface area (Å²) in [5, 5.41) is 9.08. The van der Waals surface area contributed by atoms with Gasteiger partial charge in [-0.3, -0.25) is 0 Å². The van der Waals surface area contributed by atoms with Crippen LogP contribution in [0.1, 0.15) is 11.1 Å². The van der Waals surface area contributed by atoms with Gasteiger partial charge in [0.2, 0.25) is 0 Å². The maximum Gasteiger partial charge on any atom is 0.182 e. The number of sulfone groups is 1. The summed E-state index contributed by atoms with van der Waals surface area (Å²) in [5.41, 5.74) is 1.14. The summed E-state index contributed by atoms with van der Waals surface area (Å²) in [4.78, 5) is 0.198. The van der Waals surface area contributed by atoms with Crippen LogP contribution in [0, 0.1) is 11.3 Å². The van der Waals surface area contributed by atoms with Crippen molar-refractivity contribution in [3.63, 3.8) is 0 Å². The summed E-state index contributed by atoms with van der Waals surface area (Å²) in [5.74, 6) is -0.112. The molecule has 0 N–H and O–H groups in total. The molecule has 0 aromatic heterocycles. The van der Waals surface area contributed by atoms with Crippen molar-refractivity contribution in [2.24, 2.45) is 0 Å². The molecule has 0 unspecified atom stereocenters. The maximum atomic E-state index is 12.2. The average molecular weight is 292 g/mol. The van der Waals surface area contributed by atoms with E-state index in [1.807, 2.05) is 6.07 Å². The Morgan fingerprint density at radius 3 is 2.37 bits per heavy atom. The Morgan fingerprint density at radius 1 is 1.11 bits per heavy atom. The Labute approximate surface area is 117 Å². The fourth-order valence-electron chi connectivity index (χ4n) is 1.64. The van der Waals surface area contributed by atoms with Gasteiger partial charge in [-0.05, 0) is 35.9 Å². The highest BCUT2D eigenvalue weighted by Crippen LogP contribution is 2.20. The molecule has 0 aliphatic carbocycles. The fraction of sp³-hybridized carbons (Fsp3) is 0.0714. The van der Waals surface area contributed by atoms with E-state index < -0.39 is 9.84 Å². The van der Waals surface area contributed by atoms with Gasteiger partial charge in [0, 0.05) is 5.02 Å². The minimum atomic E-state index is -3.42. The molecule has 0 aliphatic heterocycles. The van der Waals surface area contributed by atoms with Crippen LogP contribution in [0.4, 0.5) is 0 Å². The van der Waals surface area contributed by atoms with Crippen molar-refractivity contribution in [3.8, 4) is 6.07 Å². The highest BCUT2D eigenvalue weighted by Gasteiger charge is 2.15. The molecule has 5 heteroatoms. The summed E-state index contributed by atoms with van der Waals surface area (Å²) >= 11 is 5.79. The molecule has 19 heavy (non-hydrogen) atoms. The molecule has 0 heterocycles. The van der Waals surface area contributed by atoms with Crippen LogP contribution in [0.15, 0.2) is 53.4 Å². The maximum absolute atomic E-state index is 12.2. The van der Waals surface area contributed by atoms with Crippen LogP contribution in [-0.2, 0) is 15.6 Å². The number of rotatable bonds is 3. The minimum Gasteiger partial charge on any atom is -0.223 e. The topological polar surface area (TPSA) is 57.9 Å². The van der Waals surface area contributed by atoms with E-state index in [1.54, 1.807) is 36.4 Å². The second-order valence-electron chi connectivity index (χ2n) is 4.03. The average Bonchev–Trinajstić information content (AvgIpc) is 2.39. The van der Waals surface area contributed by atoms with Gasteiger partial charge in [-0.25, -0.2) is 8.42 Å². The van der Waals surface area contributed by atoms with Gasteiger partial charge in [0.05, 0.1) is 22.3 Å². The molecule has 0 aliphatic rings. The van der Waals surface area contributed by atoms with Crippen LogP contribution in [0.5, 0.6) is 0 Å². The summed E-state index contributed by atoms with van der Waals surface area (Å²) in [6, 6.07) is 14.7.